The number of carbonyl (C=O) groups is 4. The lowest BCUT2D eigenvalue weighted by Crippen LogP contribution is -2.60. The van der Waals surface area contributed by atoms with Crippen molar-refractivity contribution in [3.63, 3.8) is 0 Å². The van der Waals surface area contributed by atoms with E-state index in [4.69, 9.17) is 18.9 Å². The average molecular weight is 473 g/mol. The second-order valence-electron chi connectivity index (χ2n) is 6.66. The molecule has 1 heterocycles. The van der Waals surface area contributed by atoms with Crippen LogP contribution in [0.2, 0.25) is 0 Å². The van der Waals surface area contributed by atoms with Crippen molar-refractivity contribution in [1.29, 1.82) is 0 Å². The first-order valence-corrected chi connectivity index (χ1v) is 9.70. The molecule has 0 saturated heterocycles. The van der Waals surface area contributed by atoms with Gasteiger partial charge in [-0.3, -0.25) is 5.32 Å². The van der Waals surface area contributed by atoms with Gasteiger partial charge in [0, 0.05) is 0 Å². The summed E-state index contributed by atoms with van der Waals surface area (Å²) < 4.78 is 58.4. The van der Waals surface area contributed by atoms with Gasteiger partial charge in [-0.05, 0) is 31.5 Å². The number of carbonyl (C=O) groups excluding carboxylic acids is 4. The second kappa shape index (κ2) is 10.0. The van der Waals surface area contributed by atoms with Crippen molar-refractivity contribution in [2.24, 2.45) is 0 Å². The highest BCUT2D eigenvalue weighted by molar-refractivity contribution is 6.20. The second-order valence-corrected chi connectivity index (χ2v) is 6.66. The Morgan fingerprint density at radius 1 is 0.909 bits per heavy atom. The van der Waals surface area contributed by atoms with Crippen molar-refractivity contribution in [1.82, 2.24) is 5.32 Å². The van der Waals surface area contributed by atoms with Gasteiger partial charge in [0.25, 0.3) is 0 Å². The van der Waals surface area contributed by atoms with Crippen LogP contribution in [0.1, 0.15) is 31.0 Å². The van der Waals surface area contributed by atoms with Gasteiger partial charge >= 0.3 is 30.1 Å². The van der Waals surface area contributed by atoms with Gasteiger partial charge in [-0.15, -0.1) is 0 Å². The first-order valence-electron chi connectivity index (χ1n) is 9.70. The molecule has 0 aliphatic carbocycles. The molecule has 9 nitrogen and oxygen atoms in total. The predicted molar refractivity (Wildman–Crippen MR) is 104 cm³/mol. The molecule has 0 spiro atoms. The van der Waals surface area contributed by atoms with Crippen LogP contribution in [0.3, 0.4) is 0 Å². The summed E-state index contributed by atoms with van der Waals surface area (Å²) in [5.41, 5.74) is -4.82. The highest BCUT2D eigenvalue weighted by atomic mass is 19.4. The summed E-state index contributed by atoms with van der Waals surface area (Å²) in [5, 5.41) is 2.57. The van der Waals surface area contributed by atoms with E-state index in [2.05, 4.69) is 5.32 Å². The van der Waals surface area contributed by atoms with E-state index in [0.717, 1.165) is 38.5 Å². The molecule has 0 saturated carbocycles. The van der Waals surface area contributed by atoms with Gasteiger partial charge in [-0.2, -0.15) is 13.2 Å². The molecule has 0 fully saturated rings. The minimum absolute atomic E-state index is 0.0280. The van der Waals surface area contributed by atoms with E-state index in [0.29, 0.717) is 0 Å². The Morgan fingerprint density at radius 3 is 1.79 bits per heavy atom. The Balaban J connectivity index is 2.83. The Bertz CT molecular complexity index is 951. The first kappa shape index (κ1) is 25.8. The van der Waals surface area contributed by atoms with Crippen LogP contribution >= 0.6 is 0 Å². The van der Waals surface area contributed by atoms with Crippen LogP contribution in [0.4, 0.5) is 13.2 Å². The molecule has 12 heteroatoms. The van der Waals surface area contributed by atoms with Crippen LogP contribution in [0.25, 0.3) is 0 Å². The Kier molecular flexibility index (Phi) is 7.85. The lowest BCUT2D eigenvalue weighted by molar-refractivity contribution is -0.165. The topological polar surface area (TPSA) is 117 Å². The minimum Gasteiger partial charge on any atom is -0.466 e. The number of halogens is 3. The van der Waals surface area contributed by atoms with Crippen LogP contribution in [-0.2, 0) is 44.3 Å². The molecule has 180 valence electrons. The molecule has 0 radical (unpaired) electrons. The van der Waals surface area contributed by atoms with Crippen molar-refractivity contribution >= 4 is 23.9 Å². The summed E-state index contributed by atoms with van der Waals surface area (Å²) in [5.74, 6) is -4.89. The third-order valence-electron chi connectivity index (χ3n) is 4.82. The number of benzene rings is 1. The minimum atomic E-state index is -4.63. The zero-order valence-electron chi connectivity index (χ0n) is 18.2. The van der Waals surface area contributed by atoms with E-state index in [1.54, 1.807) is 0 Å². The molecule has 1 aromatic carbocycles. The maximum atomic E-state index is 13.0. The summed E-state index contributed by atoms with van der Waals surface area (Å²) >= 11 is 0. The average Bonchev–Trinajstić information content (AvgIpc) is 3.15. The fraction of sp³-hybridized carbons (Fsp3) is 0.429. The molecule has 1 N–H and O–H groups in total. The van der Waals surface area contributed by atoms with Crippen LogP contribution < -0.4 is 5.32 Å². The van der Waals surface area contributed by atoms with E-state index in [-0.39, 0.29) is 18.8 Å². The lowest BCUT2D eigenvalue weighted by Gasteiger charge is -2.28. The maximum absolute atomic E-state index is 13.0. The summed E-state index contributed by atoms with van der Waals surface area (Å²) in [6.07, 6.45) is -4.63. The molecule has 2 rings (SSSR count). The number of nitrogens with one attached hydrogen (secondary N) is 1. The van der Waals surface area contributed by atoms with Crippen molar-refractivity contribution in [2.75, 3.05) is 27.4 Å². The van der Waals surface area contributed by atoms with Crippen LogP contribution in [-0.4, -0.2) is 56.8 Å². The van der Waals surface area contributed by atoms with Crippen LogP contribution in [0, 0.1) is 0 Å². The van der Waals surface area contributed by atoms with Crippen molar-refractivity contribution in [3.05, 3.63) is 46.5 Å². The van der Waals surface area contributed by atoms with E-state index in [9.17, 15) is 32.3 Å². The van der Waals surface area contributed by atoms with Crippen LogP contribution in [0.5, 0.6) is 0 Å². The maximum Gasteiger partial charge on any atom is 0.416 e. The standard InChI is InChI=1S/C21H22F3NO8/c1-5-32-18(28)20(19(29)33-6-2)14(17(27)31-4)13(16(26)30-3)15(25-20)11-7-9-12(10-8-11)21(22,23)24/h7-10,15,25H,5-6H2,1-4H3. The molecule has 1 aromatic rings. The number of methoxy groups -OCH3 is 2. The van der Waals surface area contributed by atoms with Crippen molar-refractivity contribution < 1.29 is 51.3 Å². The first-order chi connectivity index (χ1) is 15.5. The molecule has 33 heavy (non-hydrogen) atoms. The van der Waals surface area contributed by atoms with Crippen molar-refractivity contribution in [2.45, 2.75) is 31.6 Å². The Labute approximate surface area is 186 Å². The van der Waals surface area contributed by atoms with Gasteiger partial charge in [0.2, 0.25) is 5.54 Å². The highest BCUT2D eigenvalue weighted by Crippen LogP contribution is 2.42. The summed E-state index contributed by atoms with van der Waals surface area (Å²) in [4.78, 5) is 51.4. The number of hydrogen-bond acceptors (Lipinski definition) is 9. The van der Waals surface area contributed by atoms with Crippen molar-refractivity contribution in [3.8, 4) is 0 Å². The Hall–Kier alpha value is -3.41. The van der Waals surface area contributed by atoms with E-state index < -0.39 is 58.3 Å². The van der Waals surface area contributed by atoms with E-state index in [1.807, 2.05) is 0 Å². The quantitative estimate of drug-likeness (QED) is 0.360. The zero-order chi connectivity index (χ0) is 25.0. The fourth-order valence-corrected chi connectivity index (χ4v) is 3.40. The summed E-state index contributed by atoms with van der Waals surface area (Å²) in [7, 11) is 1.94. The molecule has 1 atom stereocenters. The van der Waals surface area contributed by atoms with Gasteiger partial charge in [0.1, 0.15) is 0 Å². The Morgan fingerprint density at radius 2 is 1.39 bits per heavy atom. The number of rotatable bonds is 7. The van der Waals surface area contributed by atoms with Gasteiger partial charge in [0.15, 0.2) is 0 Å². The van der Waals surface area contributed by atoms with E-state index >= 15 is 0 Å². The molecule has 0 amide bonds. The molecule has 1 unspecified atom stereocenters. The number of hydrogen-bond donors (Lipinski definition) is 1. The van der Waals surface area contributed by atoms with E-state index in [1.165, 1.54) is 13.8 Å². The number of alkyl halides is 3. The largest absolute Gasteiger partial charge is 0.466 e. The van der Waals surface area contributed by atoms with Gasteiger partial charge in [-0.25, -0.2) is 19.2 Å². The molecular formula is C21H22F3NO8. The SMILES string of the molecule is CCOC(=O)C1(C(=O)OCC)NC(c2ccc(C(F)(F)F)cc2)C(C(=O)OC)=C1C(=O)OC. The predicted octanol–water partition coefficient (Wildman–Crippen LogP) is 1.86. The zero-order valence-corrected chi connectivity index (χ0v) is 18.2. The number of ether oxygens (including phenoxy) is 4. The fourth-order valence-electron chi connectivity index (χ4n) is 3.40. The third-order valence-corrected chi connectivity index (χ3v) is 4.82. The third kappa shape index (κ3) is 4.70. The molecule has 1 aliphatic rings. The summed E-state index contributed by atoms with van der Waals surface area (Å²) in [6, 6.07) is 2.15. The molecule has 1 aliphatic heterocycles. The molecule has 0 aromatic heterocycles. The number of esters is 4. The van der Waals surface area contributed by atoms with Gasteiger partial charge in [-0.1, -0.05) is 12.1 Å². The molecular weight excluding hydrogens is 451 g/mol. The lowest BCUT2D eigenvalue weighted by atomic mass is 9.88. The highest BCUT2D eigenvalue weighted by Gasteiger charge is 2.63. The summed E-state index contributed by atoms with van der Waals surface area (Å²) in [6.45, 7) is 2.49. The smallest absolute Gasteiger partial charge is 0.416 e. The van der Waals surface area contributed by atoms with Crippen LogP contribution in [0.15, 0.2) is 35.4 Å². The monoisotopic (exact) mass is 473 g/mol. The normalized spacial score (nSPS) is 17.4. The van der Waals surface area contributed by atoms with Gasteiger partial charge < -0.3 is 18.9 Å². The molecule has 0 bridgehead atoms. The van der Waals surface area contributed by atoms with Gasteiger partial charge in [0.05, 0.1) is 50.2 Å².